The molecular formula is C8H15NO. The molecule has 0 saturated carbocycles. The molecule has 0 aliphatic heterocycles. The molecule has 0 N–H and O–H groups in total. The highest BCUT2D eigenvalue weighted by Crippen LogP contribution is 1.96. The summed E-state index contributed by atoms with van der Waals surface area (Å²) >= 11 is 0. The molecule has 0 aliphatic carbocycles. The average molecular weight is 141 g/mol. The van der Waals surface area contributed by atoms with Crippen LogP contribution < -0.4 is 0 Å². The average Bonchev–Trinajstić information content (AvgIpc) is 1.81. The monoisotopic (exact) mass is 141 g/mol. The van der Waals surface area contributed by atoms with Crippen LogP contribution in [0.25, 0.3) is 0 Å². The molecule has 0 spiro atoms. The van der Waals surface area contributed by atoms with Crippen molar-refractivity contribution in [3.05, 3.63) is 11.6 Å². The number of hydrogen-bond acceptors (Lipinski definition) is 2. The molecule has 0 aromatic rings. The van der Waals surface area contributed by atoms with Crippen molar-refractivity contribution in [1.82, 2.24) is 4.90 Å². The summed E-state index contributed by atoms with van der Waals surface area (Å²) in [5, 5.41) is 0. The van der Waals surface area contributed by atoms with Crippen molar-refractivity contribution < 1.29 is 4.79 Å². The molecule has 0 unspecified atom stereocenters. The first-order chi connectivity index (χ1) is 4.57. The maximum absolute atomic E-state index is 10.8. The molecule has 0 fully saturated rings. The summed E-state index contributed by atoms with van der Waals surface area (Å²) in [5.41, 5.74) is 0.880. The van der Waals surface area contributed by atoms with Crippen LogP contribution in [0, 0.1) is 0 Å². The topological polar surface area (TPSA) is 20.3 Å². The van der Waals surface area contributed by atoms with E-state index in [2.05, 4.69) is 0 Å². The van der Waals surface area contributed by atoms with E-state index in [1.54, 1.807) is 6.92 Å². The zero-order chi connectivity index (χ0) is 8.15. The van der Waals surface area contributed by atoms with Crippen molar-refractivity contribution in [3.63, 3.8) is 0 Å². The van der Waals surface area contributed by atoms with Crippen LogP contribution in [-0.4, -0.2) is 31.3 Å². The van der Waals surface area contributed by atoms with Gasteiger partial charge in [-0.1, -0.05) is 6.08 Å². The first kappa shape index (κ1) is 9.37. The van der Waals surface area contributed by atoms with E-state index in [-0.39, 0.29) is 5.78 Å². The highest BCUT2D eigenvalue weighted by Gasteiger charge is 2.01. The maximum Gasteiger partial charge on any atom is 0.156 e. The van der Waals surface area contributed by atoms with Gasteiger partial charge in [0.25, 0.3) is 0 Å². The number of hydrogen-bond donors (Lipinski definition) is 0. The van der Waals surface area contributed by atoms with E-state index in [4.69, 9.17) is 0 Å². The van der Waals surface area contributed by atoms with E-state index in [0.717, 1.165) is 12.1 Å². The molecule has 0 radical (unpaired) electrons. The van der Waals surface area contributed by atoms with Crippen molar-refractivity contribution >= 4 is 5.78 Å². The minimum Gasteiger partial charge on any atom is -0.305 e. The Bertz CT molecular complexity index is 147. The predicted molar refractivity (Wildman–Crippen MR) is 43.0 cm³/mol. The summed E-state index contributed by atoms with van der Waals surface area (Å²) in [6.07, 6.45) is 1.86. The zero-order valence-electron chi connectivity index (χ0n) is 7.14. The van der Waals surface area contributed by atoms with Crippen LogP contribution in [0.15, 0.2) is 11.6 Å². The largest absolute Gasteiger partial charge is 0.305 e. The van der Waals surface area contributed by atoms with Gasteiger partial charge < -0.3 is 4.90 Å². The zero-order valence-corrected chi connectivity index (χ0v) is 7.14. The van der Waals surface area contributed by atoms with E-state index in [1.807, 2.05) is 32.0 Å². The summed E-state index contributed by atoms with van der Waals surface area (Å²) in [6, 6.07) is 0. The van der Waals surface area contributed by atoms with Gasteiger partial charge >= 0.3 is 0 Å². The normalized spacial score (nSPS) is 12.3. The van der Waals surface area contributed by atoms with Crippen molar-refractivity contribution in [2.24, 2.45) is 0 Å². The predicted octanol–water partition coefficient (Wildman–Crippen LogP) is 1.08. The Morgan fingerprint density at radius 2 is 2.00 bits per heavy atom. The van der Waals surface area contributed by atoms with Gasteiger partial charge in [-0.25, -0.2) is 0 Å². The highest BCUT2D eigenvalue weighted by molar-refractivity contribution is 5.93. The number of Topliss-reactive ketones (excluding diaryl/α,β-unsaturated/α-hetero) is 1. The summed E-state index contributed by atoms with van der Waals surface area (Å²) < 4.78 is 0. The maximum atomic E-state index is 10.8. The summed E-state index contributed by atoms with van der Waals surface area (Å²) in [5.74, 6) is 0.163. The second-order valence-electron chi connectivity index (χ2n) is 2.61. The molecule has 58 valence electrons. The Kier molecular flexibility index (Phi) is 3.96. The van der Waals surface area contributed by atoms with Crippen molar-refractivity contribution in [1.29, 1.82) is 0 Å². The van der Waals surface area contributed by atoms with E-state index >= 15 is 0 Å². The molecule has 10 heavy (non-hydrogen) atoms. The SMILES string of the molecule is C/C=C(/CN(C)C)C(C)=O. The van der Waals surface area contributed by atoms with Gasteiger partial charge in [-0.2, -0.15) is 0 Å². The summed E-state index contributed by atoms with van der Waals surface area (Å²) in [6.45, 7) is 4.23. The number of nitrogens with zero attached hydrogens (tertiary/aromatic N) is 1. The summed E-state index contributed by atoms with van der Waals surface area (Å²) in [7, 11) is 3.90. The first-order valence-corrected chi connectivity index (χ1v) is 3.38. The van der Waals surface area contributed by atoms with E-state index in [0.29, 0.717) is 0 Å². The summed E-state index contributed by atoms with van der Waals surface area (Å²) in [4.78, 5) is 12.8. The van der Waals surface area contributed by atoms with Crippen LogP contribution in [0.3, 0.4) is 0 Å². The van der Waals surface area contributed by atoms with Gasteiger partial charge in [-0.3, -0.25) is 4.79 Å². The molecule has 0 amide bonds. The number of carbonyl (C=O) groups excluding carboxylic acids is 1. The van der Waals surface area contributed by atoms with Crippen LogP contribution in [0.1, 0.15) is 13.8 Å². The van der Waals surface area contributed by atoms with Gasteiger partial charge in [-0.15, -0.1) is 0 Å². The molecule has 2 heteroatoms. The Balaban J connectivity index is 3.99. The number of carbonyl (C=O) groups is 1. The lowest BCUT2D eigenvalue weighted by Gasteiger charge is -2.09. The van der Waals surface area contributed by atoms with Crippen LogP contribution in [-0.2, 0) is 4.79 Å². The third kappa shape index (κ3) is 3.41. The minimum atomic E-state index is 0.163. The Labute approximate surface area is 62.5 Å². The van der Waals surface area contributed by atoms with Gasteiger partial charge in [0, 0.05) is 12.1 Å². The van der Waals surface area contributed by atoms with Crippen molar-refractivity contribution in [3.8, 4) is 0 Å². The van der Waals surface area contributed by atoms with E-state index in [9.17, 15) is 4.79 Å². The van der Waals surface area contributed by atoms with E-state index in [1.165, 1.54) is 0 Å². The van der Waals surface area contributed by atoms with Gasteiger partial charge in [-0.05, 0) is 27.9 Å². The van der Waals surface area contributed by atoms with Crippen LogP contribution in [0.2, 0.25) is 0 Å². The molecule has 0 rings (SSSR count). The lowest BCUT2D eigenvalue weighted by molar-refractivity contribution is -0.113. The quantitative estimate of drug-likeness (QED) is 0.548. The fourth-order valence-electron chi connectivity index (χ4n) is 0.747. The molecule has 0 heterocycles. The van der Waals surface area contributed by atoms with Gasteiger partial charge in [0.15, 0.2) is 5.78 Å². The lowest BCUT2D eigenvalue weighted by Crippen LogP contribution is -2.18. The van der Waals surface area contributed by atoms with Crippen molar-refractivity contribution in [2.75, 3.05) is 20.6 Å². The van der Waals surface area contributed by atoms with Crippen molar-refractivity contribution in [2.45, 2.75) is 13.8 Å². The molecular weight excluding hydrogens is 126 g/mol. The second-order valence-corrected chi connectivity index (χ2v) is 2.61. The Morgan fingerprint density at radius 1 is 1.50 bits per heavy atom. The molecule has 0 aliphatic rings. The number of likely N-dealkylation sites (N-methyl/N-ethyl adjacent to an activating group) is 1. The molecule has 2 nitrogen and oxygen atoms in total. The van der Waals surface area contributed by atoms with Crippen LogP contribution in [0.5, 0.6) is 0 Å². The Morgan fingerprint density at radius 3 is 2.10 bits per heavy atom. The minimum absolute atomic E-state index is 0.163. The molecule has 0 aromatic heterocycles. The fourth-order valence-corrected chi connectivity index (χ4v) is 0.747. The highest BCUT2D eigenvalue weighted by atomic mass is 16.1. The number of rotatable bonds is 3. The molecule has 0 saturated heterocycles. The third-order valence-electron chi connectivity index (χ3n) is 1.29. The lowest BCUT2D eigenvalue weighted by atomic mass is 10.2. The van der Waals surface area contributed by atoms with Gasteiger partial charge in [0.2, 0.25) is 0 Å². The number of ketones is 1. The molecule has 0 aromatic carbocycles. The molecule has 0 bridgehead atoms. The smallest absolute Gasteiger partial charge is 0.156 e. The Hall–Kier alpha value is -0.630. The first-order valence-electron chi connectivity index (χ1n) is 3.38. The third-order valence-corrected chi connectivity index (χ3v) is 1.29. The van der Waals surface area contributed by atoms with Gasteiger partial charge in [0.1, 0.15) is 0 Å². The fraction of sp³-hybridized carbons (Fsp3) is 0.625. The second kappa shape index (κ2) is 4.23. The molecule has 0 atom stereocenters. The van der Waals surface area contributed by atoms with Crippen LogP contribution in [0.4, 0.5) is 0 Å². The standard InChI is InChI=1S/C8H15NO/c1-5-8(7(2)10)6-9(3)4/h5H,6H2,1-4H3/b8-5-. The van der Waals surface area contributed by atoms with E-state index < -0.39 is 0 Å². The van der Waals surface area contributed by atoms with Crippen LogP contribution >= 0.6 is 0 Å². The van der Waals surface area contributed by atoms with Gasteiger partial charge in [0.05, 0.1) is 0 Å². The number of allylic oxidation sites excluding steroid dienone is 1.